The van der Waals surface area contributed by atoms with Crippen LogP contribution in [-0.2, 0) is 0 Å². The van der Waals surface area contributed by atoms with Gasteiger partial charge in [-0.05, 0) is 30.5 Å². The lowest BCUT2D eigenvalue weighted by Crippen LogP contribution is -2.17. The van der Waals surface area contributed by atoms with Gasteiger partial charge in [-0.2, -0.15) is 0 Å². The van der Waals surface area contributed by atoms with Crippen molar-refractivity contribution in [3.05, 3.63) is 24.3 Å². The zero-order valence-electron chi connectivity index (χ0n) is 7.32. The largest absolute Gasteiger partial charge is 0.487 e. The monoisotopic (exact) mass is 213 g/mol. The van der Waals surface area contributed by atoms with Gasteiger partial charge >= 0.3 is 0 Å². The molecule has 0 aliphatic carbocycles. The van der Waals surface area contributed by atoms with Crippen LogP contribution in [0.4, 0.5) is 0 Å². The molecule has 0 heterocycles. The Morgan fingerprint density at radius 3 is 2.54 bits per heavy atom. The van der Waals surface area contributed by atoms with Gasteiger partial charge in [-0.1, -0.05) is 12.2 Å². The summed E-state index contributed by atoms with van der Waals surface area (Å²) in [6, 6.07) is 7.81. The SMILES string of the molecule is CSc1ccc(OCC(N)=S)cc1. The predicted octanol–water partition coefficient (Wildman–Crippen LogP) is 2.07. The van der Waals surface area contributed by atoms with Crippen molar-refractivity contribution in [3.63, 3.8) is 0 Å². The number of hydrogen-bond donors (Lipinski definition) is 1. The van der Waals surface area contributed by atoms with Crippen molar-refractivity contribution < 1.29 is 4.74 Å². The maximum atomic E-state index is 5.30. The summed E-state index contributed by atoms with van der Waals surface area (Å²) in [6.07, 6.45) is 2.03. The standard InChI is InChI=1S/C9H11NOS2/c1-13-8-4-2-7(3-5-8)11-6-9(10)12/h2-5H,6H2,1H3,(H2,10,12). The Labute approximate surface area is 87.5 Å². The van der Waals surface area contributed by atoms with Crippen LogP contribution in [0.25, 0.3) is 0 Å². The van der Waals surface area contributed by atoms with Crippen LogP contribution in [0, 0.1) is 0 Å². The van der Waals surface area contributed by atoms with Crippen molar-refractivity contribution >= 4 is 29.0 Å². The summed E-state index contributed by atoms with van der Waals surface area (Å²) in [7, 11) is 0. The molecule has 1 aromatic carbocycles. The summed E-state index contributed by atoms with van der Waals surface area (Å²) < 4.78 is 5.29. The minimum absolute atomic E-state index is 0.300. The molecule has 0 spiro atoms. The number of nitrogens with two attached hydrogens (primary N) is 1. The van der Waals surface area contributed by atoms with E-state index in [1.165, 1.54) is 4.90 Å². The molecule has 0 unspecified atom stereocenters. The fraction of sp³-hybridized carbons (Fsp3) is 0.222. The number of thiocarbonyl (C=S) groups is 1. The minimum atomic E-state index is 0.300. The van der Waals surface area contributed by atoms with Crippen molar-refractivity contribution in [2.24, 2.45) is 5.73 Å². The van der Waals surface area contributed by atoms with E-state index >= 15 is 0 Å². The molecule has 70 valence electrons. The summed E-state index contributed by atoms with van der Waals surface area (Å²) in [4.78, 5) is 1.58. The summed E-state index contributed by atoms with van der Waals surface area (Å²) in [6.45, 7) is 0.300. The van der Waals surface area contributed by atoms with Crippen LogP contribution < -0.4 is 10.5 Å². The van der Waals surface area contributed by atoms with E-state index in [-0.39, 0.29) is 0 Å². The van der Waals surface area contributed by atoms with Crippen LogP contribution in [0.3, 0.4) is 0 Å². The van der Waals surface area contributed by atoms with E-state index in [9.17, 15) is 0 Å². The Hall–Kier alpha value is -0.740. The highest BCUT2D eigenvalue weighted by molar-refractivity contribution is 7.98. The van der Waals surface area contributed by atoms with Crippen molar-refractivity contribution in [1.29, 1.82) is 0 Å². The molecule has 2 N–H and O–H groups in total. The van der Waals surface area contributed by atoms with Crippen LogP contribution >= 0.6 is 24.0 Å². The zero-order chi connectivity index (χ0) is 9.68. The van der Waals surface area contributed by atoms with Gasteiger partial charge in [-0.15, -0.1) is 11.8 Å². The van der Waals surface area contributed by atoms with Gasteiger partial charge in [-0.3, -0.25) is 0 Å². The summed E-state index contributed by atoms with van der Waals surface area (Å²) in [5, 5.41) is 0. The highest BCUT2D eigenvalue weighted by atomic mass is 32.2. The maximum Gasteiger partial charge on any atom is 0.138 e. The van der Waals surface area contributed by atoms with E-state index < -0.39 is 0 Å². The molecule has 0 bridgehead atoms. The van der Waals surface area contributed by atoms with E-state index in [0.29, 0.717) is 11.6 Å². The highest BCUT2D eigenvalue weighted by Gasteiger charge is 1.94. The van der Waals surface area contributed by atoms with Gasteiger partial charge in [0.25, 0.3) is 0 Å². The molecule has 0 aromatic heterocycles. The average Bonchev–Trinajstić information content (AvgIpc) is 2.15. The smallest absolute Gasteiger partial charge is 0.138 e. The molecular formula is C9H11NOS2. The van der Waals surface area contributed by atoms with E-state index in [1.54, 1.807) is 11.8 Å². The van der Waals surface area contributed by atoms with E-state index in [1.807, 2.05) is 30.5 Å². The van der Waals surface area contributed by atoms with Gasteiger partial charge in [0.15, 0.2) is 0 Å². The first-order chi connectivity index (χ1) is 6.22. The number of ether oxygens (including phenoxy) is 1. The molecule has 0 fully saturated rings. The topological polar surface area (TPSA) is 35.2 Å². The average molecular weight is 213 g/mol. The fourth-order valence-corrected chi connectivity index (χ4v) is 1.29. The van der Waals surface area contributed by atoms with Gasteiger partial charge in [0.05, 0.1) is 0 Å². The van der Waals surface area contributed by atoms with Crippen molar-refractivity contribution in [2.75, 3.05) is 12.9 Å². The highest BCUT2D eigenvalue weighted by Crippen LogP contribution is 2.18. The first-order valence-electron chi connectivity index (χ1n) is 3.77. The summed E-state index contributed by atoms with van der Waals surface area (Å²) in [5.41, 5.74) is 5.30. The summed E-state index contributed by atoms with van der Waals surface area (Å²) >= 11 is 6.39. The van der Waals surface area contributed by atoms with Crippen LogP contribution in [0.1, 0.15) is 0 Å². The van der Waals surface area contributed by atoms with Gasteiger partial charge in [-0.25, -0.2) is 0 Å². The van der Waals surface area contributed by atoms with E-state index in [4.69, 9.17) is 22.7 Å². The van der Waals surface area contributed by atoms with Crippen LogP contribution in [0.5, 0.6) is 5.75 Å². The predicted molar refractivity (Wildman–Crippen MR) is 60.5 cm³/mol. The molecule has 0 atom stereocenters. The number of benzene rings is 1. The molecule has 0 saturated heterocycles. The van der Waals surface area contributed by atoms with Crippen LogP contribution in [-0.4, -0.2) is 17.9 Å². The molecule has 1 aromatic rings. The Morgan fingerprint density at radius 2 is 2.08 bits per heavy atom. The molecule has 0 aliphatic heterocycles. The number of rotatable bonds is 4. The zero-order valence-corrected chi connectivity index (χ0v) is 8.95. The lowest BCUT2D eigenvalue weighted by atomic mass is 10.3. The second-order valence-electron chi connectivity index (χ2n) is 2.43. The minimum Gasteiger partial charge on any atom is -0.487 e. The van der Waals surface area contributed by atoms with Crippen molar-refractivity contribution in [1.82, 2.24) is 0 Å². The lowest BCUT2D eigenvalue weighted by Gasteiger charge is -2.04. The Balaban J connectivity index is 2.54. The Bertz CT molecular complexity index is 284. The van der Waals surface area contributed by atoms with Gasteiger partial charge in [0.1, 0.15) is 17.3 Å². The molecule has 0 radical (unpaired) electrons. The van der Waals surface area contributed by atoms with E-state index in [0.717, 1.165) is 5.75 Å². The third kappa shape index (κ3) is 3.65. The van der Waals surface area contributed by atoms with Gasteiger partial charge in [0.2, 0.25) is 0 Å². The third-order valence-electron chi connectivity index (χ3n) is 1.44. The third-order valence-corrected chi connectivity index (χ3v) is 2.30. The van der Waals surface area contributed by atoms with E-state index in [2.05, 4.69) is 0 Å². The van der Waals surface area contributed by atoms with Gasteiger partial charge < -0.3 is 10.5 Å². The number of thioether (sulfide) groups is 1. The molecule has 4 heteroatoms. The molecule has 2 nitrogen and oxygen atoms in total. The molecule has 1 rings (SSSR count). The molecule has 0 amide bonds. The lowest BCUT2D eigenvalue weighted by molar-refractivity contribution is 0.377. The van der Waals surface area contributed by atoms with Crippen LogP contribution in [0.2, 0.25) is 0 Å². The number of hydrogen-bond acceptors (Lipinski definition) is 3. The van der Waals surface area contributed by atoms with Gasteiger partial charge in [0, 0.05) is 4.90 Å². The second-order valence-corrected chi connectivity index (χ2v) is 3.83. The summed E-state index contributed by atoms with van der Waals surface area (Å²) in [5.74, 6) is 0.797. The Kier molecular flexibility index (Phi) is 4.05. The first-order valence-corrected chi connectivity index (χ1v) is 5.41. The second kappa shape index (κ2) is 5.09. The molecule has 0 aliphatic rings. The van der Waals surface area contributed by atoms with Crippen molar-refractivity contribution in [3.8, 4) is 5.75 Å². The molecule has 13 heavy (non-hydrogen) atoms. The quantitative estimate of drug-likeness (QED) is 0.613. The Morgan fingerprint density at radius 1 is 1.46 bits per heavy atom. The first kappa shape index (κ1) is 10.3. The van der Waals surface area contributed by atoms with Crippen molar-refractivity contribution in [2.45, 2.75) is 4.90 Å². The normalized spacial score (nSPS) is 9.62. The molecular weight excluding hydrogens is 202 g/mol. The van der Waals surface area contributed by atoms with Crippen LogP contribution in [0.15, 0.2) is 29.2 Å². The molecule has 0 saturated carbocycles. The fourth-order valence-electron chi connectivity index (χ4n) is 0.826. The maximum absolute atomic E-state index is 5.30.